The SMILES string of the molecule is CC(C)Oc1cccc([C@@H](C)NC(=O)NCCNc2ncccn2)c1. The zero-order chi connectivity index (χ0) is 18.1. The molecule has 7 heteroatoms. The molecule has 0 fully saturated rings. The minimum Gasteiger partial charge on any atom is -0.491 e. The number of aromatic nitrogens is 2. The van der Waals surface area contributed by atoms with Crippen molar-refractivity contribution in [1.29, 1.82) is 0 Å². The first-order chi connectivity index (χ1) is 12.0. The number of benzene rings is 1. The number of nitrogens with zero attached hydrogens (tertiary/aromatic N) is 2. The van der Waals surface area contributed by atoms with E-state index in [0.717, 1.165) is 11.3 Å². The van der Waals surface area contributed by atoms with Crippen LogP contribution in [0.2, 0.25) is 0 Å². The first-order valence-corrected chi connectivity index (χ1v) is 8.36. The molecule has 0 unspecified atom stereocenters. The van der Waals surface area contributed by atoms with Crippen molar-refractivity contribution in [2.45, 2.75) is 32.9 Å². The predicted octanol–water partition coefficient (Wildman–Crippen LogP) is 2.74. The van der Waals surface area contributed by atoms with Crippen molar-refractivity contribution >= 4 is 12.0 Å². The fraction of sp³-hybridized carbons (Fsp3) is 0.389. The summed E-state index contributed by atoms with van der Waals surface area (Å²) in [4.78, 5) is 20.1. The highest BCUT2D eigenvalue weighted by atomic mass is 16.5. The third-order valence-electron chi connectivity index (χ3n) is 3.34. The van der Waals surface area contributed by atoms with Crippen LogP contribution in [0.4, 0.5) is 10.7 Å². The second-order valence-electron chi connectivity index (χ2n) is 5.86. The molecule has 1 aromatic carbocycles. The monoisotopic (exact) mass is 343 g/mol. The lowest BCUT2D eigenvalue weighted by Gasteiger charge is -2.17. The zero-order valence-corrected chi connectivity index (χ0v) is 14.8. The predicted molar refractivity (Wildman–Crippen MR) is 97.7 cm³/mol. The molecule has 0 radical (unpaired) electrons. The van der Waals surface area contributed by atoms with Crippen molar-refractivity contribution < 1.29 is 9.53 Å². The first kappa shape index (κ1) is 18.5. The summed E-state index contributed by atoms with van der Waals surface area (Å²) >= 11 is 0. The lowest BCUT2D eigenvalue weighted by molar-refractivity contribution is 0.237. The summed E-state index contributed by atoms with van der Waals surface area (Å²) in [5.74, 6) is 1.34. The zero-order valence-electron chi connectivity index (χ0n) is 14.8. The number of nitrogens with one attached hydrogen (secondary N) is 3. The molecule has 134 valence electrons. The van der Waals surface area contributed by atoms with Gasteiger partial charge in [-0.25, -0.2) is 14.8 Å². The molecule has 2 amide bonds. The number of anilines is 1. The van der Waals surface area contributed by atoms with Crippen LogP contribution in [-0.4, -0.2) is 35.2 Å². The Labute approximate surface area is 148 Å². The van der Waals surface area contributed by atoms with Crippen molar-refractivity contribution in [3.05, 3.63) is 48.3 Å². The minimum atomic E-state index is -0.224. The molecule has 7 nitrogen and oxygen atoms in total. The van der Waals surface area contributed by atoms with Gasteiger partial charge in [0.15, 0.2) is 0 Å². The van der Waals surface area contributed by atoms with E-state index in [1.807, 2.05) is 45.0 Å². The fourth-order valence-corrected chi connectivity index (χ4v) is 2.20. The summed E-state index contributed by atoms with van der Waals surface area (Å²) in [5.41, 5.74) is 0.990. The van der Waals surface area contributed by atoms with Crippen molar-refractivity contribution in [3.8, 4) is 5.75 Å². The molecule has 3 N–H and O–H groups in total. The van der Waals surface area contributed by atoms with E-state index >= 15 is 0 Å². The van der Waals surface area contributed by atoms with Crippen LogP contribution in [0.25, 0.3) is 0 Å². The van der Waals surface area contributed by atoms with Gasteiger partial charge in [-0.05, 0) is 44.5 Å². The summed E-state index contributed by atoms with van der Waals surface area (Å²) in [6.07, 6.45) is 3.44. The smallest absolute Gasteiger partial charge is 0.315 e. The Hall–Kier alpha value is -2.83. The molecule has 25 heavy (non-hydrogen) atoms. The van der Waals surface area contributed by atoms with Crippen molar-refractivity contribution in [1.82, 2.24) is 20.6 Å². The molecule has 0 spiro atoms. The lowest BCUT2D eigenvalue weighted by atomic mass is 10.1. The van der Waals surface area contributed by atoms with Gasteiger partial charge in [-0.2, -0.15) is 0 Å². The van der Waals surface area contributed by atoms with Crippen LogP contribution in [0.3, 0.4) is 0 Å². The Balaban J connectivity index is 1.74. The number of hydrogen-bond donors (Lipinski definition) is 3. The van der Waals surface area contributed by atoms with Gasteiger partial charge in [0, 0.05) is 25.5 Å². The van der Waals surface area contributed by atoms with Gasteiger partial charge in [0.1, 0.15) is 5.75 Å². The Kier molecular flexibility index (Phi) is 7.00. The molecule has 0 saturated carbocycles. The Morgan fingerprint density at radius 3 is 2.60 bits per heavy atom. The summed E-state index contributed by atoms with van der Waals surface area (Å²) in [5, 5.41) is 8.74. The molecule has 2 aromatic rings. The molecular formula is C18H25N5O2. The van der Waals surface area contributed by atoms with E-state index < -0.39 is 0 Å². The summed E-state index contributed by atoms with van der Waals surface area (Å²) in [7, 11) is 0. The van der Waals surface area contributed by atoms with E-state index in [2.05, 4.69) is 25.9 Å². The summed E-state index contributed by atoms with van der Waals surface area (Å²) < 4.78 is 5.68. The van der Waals surface area contributed by atoms with Crippen LogP contribution in [0.5, 0.6) is 5.75 Å². The second kappa shape index (κ2) is 9.46. The normalized spacial score (nSPS) is 11.7. The standard InChI is InChI=1S/C18H25N5O2/c1-13(2)25-16-7-4-6-15(12-16)14(3)23-18(24)22-11-10-21-17-19-8-5-9-20-17/h4-9,12-14H,10-11H2,1-3H3,(H,19,20,21)(H2,22,23,24)/t14-/m1/s1. The van der Waals surface area contributed by atoms with E-state index in [4.69, 9.17) is 4.74 Å². The number of carbonyl (C=O) groups is 1. The molecule has 0 saturated heterocycles. The largest absolute Gasteiger partial charge is 0.491 e. The highest BCUT2D eigenvalue weighted by molar-refractivity contribution is 5.74. The summed E-state index contributed by atoms with van der Waals surface area (Å²) in [6, 6.07) is 9.14. The molecule has 0 aliphatic carbocycles. The maximum atomic E-state index is 12.0. The molecule has 0 aliphatic heterocycles. The second-order valence-corrected chi connectivity index (χ2v) is 5.86. The Morgan fingerprint density at radius 1 is 1.12 bits per heavy atom. The topological polar surface area (TPSA) is 88.2 Å². The number of carbonyl (C=O) groups excluding carboxylic acids is 1. The van der Waals surface area contributed by atoms with Gasteiger partial charge in [-0.15, -0.1) is 0 Å². The summed E-state index contributed by atoms with van der Waals surface area (Å²) in [6.45, 7) is 6.91. The molecular weight excluding hydrogens is 318 g/mol. The lowest BCUT2D eigenvalue weighted by Crippen LogP contribution is -2.39. The highest BCUT2D eigenvalue weighted by Gasteiger charge is 2.10. The van der Waals surface area contributed by atoms with Crippen LogP contribution >= 0.6 is 0 Å². The van der Waals surface area contributed by atoms with Gasteiger partial charge >= 0.3 is 6.03 Å². The Bertz CT molecular complexity index is 664. The highest BCUT2D eigenvalue weighted by Crippen LogP contribution is 2.19. The van der Waals surface area contributed by atoms with Crippen LogP contribution in [-0.2, 0) is 0 Å². The number of ether oxygens (including phenoxy) is 1. The van der Waals surface area contributed by atoms with Gasteiger partial charge in [0.25, 0.3) is 0 Å². The van der Waals surface area contributed by atoms with Gasteiger partial charge in [0.05, 0.1) is 12.1 Å². The number of urea groups is 1. The third kappa shape index (κ3) is 6.66. The van der Waals surface area contributed by atoms with Gasteiger partial charge in [0.2, 0.25) is 5.95 Å². The molecule has 1 aromatic heterocycles. The number of rotatable bonds is 8. The average molecular weight is 343 g/mol. The number of hydrogen-bond acceptors (Lipinski definition) is 5. The molecule has 0 bridgehead atoms. The van der Waals surface area contributed by atoms with E-state index in [9.17, 15) is 4.79 Å². The molecule has 0 aliphatic rings. The van der Waals surface area contributed by atoms with Crippen molar-refractivity contribution in [3.63, 3.8) is 0 Å². The first-order valence-electron chi connectivity index (χ1n) is 8.36. The molecule has 1 atom stereocenters. The van der Waals surface area contributed by atoms with Crippen molar-refractivity contribution in [2.24, 2.45) is 0 Å². The quantitative estimate of drug-likeness (QED) is 0.642. The molecule has 1 heterocycles. The Morgan fingerprint density at radius 2 is 1.88 bits per heavy atom. The maximum absolute atomic E-state index is 12.0. The van der Waals surface area contributed by atoms with Crippen molar-refractivity contribution in [2.75, 3.05) is 18.4 Å². The van der Waals surface area contributed by atoms with Gasteiger partial charge in [-0.1, -0.05) is 12.1 Å². The average Bonchev–Trinajstić information content (AvgIpc) is 2.59. The van der Waals surface area contributed by atoms with E-state index in [1.54, 1.807) is 18.5 Å². The van der Waals surface area contributed by atoms with E-state index in [1.165, 1.54) is 0 Å². The van der Waals surface area contributed by atoms with E-state index in [-0.39, 0.29) is 18.2 Å². The van der Waals surface area contributed by atoms with E-state index in [0.29, 0.717) is 19.0 Å². The van der Waals surface area contributed by atoms with Crippen LogP contribution in [0, 0.1) is 0 Å². The van der Waals surface area contributed by atoms with Crippen LogP contribution in [0.1, 0.15) is 32.4 Å². The molecule has 2 rings (SSSR count). The fourth-order valence-electron chi connectivity index (χ4n) is 2.20. The minimum absolute atomic E-state index is 0.114. The van der Waals surface area contributed by atoms with Gasteiger partial charge < -0.3 is 20.7 Å². The van der Waals surface area contributed by atoms with Crippen LogP contribution < -0.4 is 20.7 Å². The number of amides is 2. The third-order valence-corrected chi connectivity index (χ3v) is 3.34. The maximum Gasteiger partial charge on any atom is 0.315 e. The van der Waals surface area contributed by atoms with Gasteiger partial charge in [-0.3, -0.25) is 0 Å². The van der Waals surface area contributed by atoms with Crippen LogP contribution in [0.15, 0.2) is 42.7 Å².